The van der Waals surface area contributed by atoms with E-state index in [-0.39, 0.29) is 24.7 Å². The van der Waals surface area contributed by atoms with Gasteiger partial charge in [-0.1, -0.05) is 86.8 Å². The van der Waals surface area contributed by atoms with E-state index in [9.17, 15) is 5.11 Å². The Morgan fingerprint density at radius 3 is 2.18 bits per heavy atom. The highest BCUT2D eigenvalue weighted by Crippen LogP contribution is 2.42. The van der Waals surface area contributed by atoms with Crippen molar-refractivity contribution in [2.45, 2.75) is 70.7 Å². The molecule has 202 valence electrons. The molecule has 0 radical (unpaired) electrons. The van der Waals surface area contributed by atoms with Crippen LogP contribution in [0.3, 0.4) is 0 Å². The highest BCUT2D eigenvalue weighted by atomic mass is 16.7. The maximum Gasteiger partial charge on any atom is 0.184 e. The van der Waals surface area contributed by atoms with E-state index in [2.05, 4.69) is 72.5 Å². The maximum atomic E-state index is 9.54. The molecule has 0 saturated carbocycles. The molecule has 2 saturated heterocycles. The lowest BCUT2D eigenvalue weighted by atomic mass is 9.89. The predicted molar refractivity (Wildman–Crippen MR) is 152 cm³/mol. The second-order valence-corrected chi connectivity index (χ2v) is 10.9. The van der Waals surface area contributed by atoms with Crippen LogP contribution in [0.15, 0.2) is 72.8 Å². The molecule has 3 N–H and O–H groups in total. The molecule has 3 aromatic rings. The first-order valence-electron chi connectivity index (χ1n) is 14.3. The summed E-state index contributed by atoms with van der Waals surface area (Å²) in [5.41, 5.74) is 12.4. The number of hydrogen-bond donors (Lipinski definition) is 2. The number of aliphatic hydroxyl groups is 1. The zero-order valence-corrected chi connectivity index (χ0v) is 22.6. The third-order valence-electron chi connectivity index (χ3n) is 8.17. The third kappa shape index (κ3) is 6.53. The van der Waals surface area contributed by atoms with Gasteiger partial charge in [-0.2, -0.15) is 0 Å². The van der Waals surface area contributed by atoms with Crippen molar-refractivity contribution in [3.8, 4) is 11.1 Å². The molecule has 2 fully saturated rings. The Morgan fingerprint density at radius 2 is 1.47 bits per heavy atom. The normalized spacial score (nSPS) is 25.0. The number of hydrogen-bond acceptors (Lipinski definition) is 5. The summed E-state index contributed by atoms with van der Waals surface area (Å²) in [6.45, 7) is 6.02. The molecule has 5 nitrogen and oxygen atoms in total. The Kier molecular flexibility index (Phi) is 9.26. The van der Waals surface area contributed by atoms with Gasteiger partial charge in [0.1, 0.15) is 0 Å². The summed E-state index contributed by atoms with van der Waals surface area (Å²) >= 11 is 0. The fourth-order valence-corrected chi connectivity index (χ4v) is 5.82. The lowest BCUT2D eigenvalue weighted by Gasteiger charge is -2.43. The first kappa shape index (κ1) is 27.0. The Bertz CT molecular complexity index is 1160. The van der Waals surface area contributed by atoms with Crippen LogP contribution in [0.4, 0.5) is 0 Å². The van der Waals surface area contributed by atoms with Gasteiger partial charge in [0.15, 0.2) is 6.29 Å². The van der Waals surface area contributed by atoms with Gasteiger partial charge in [-0.25, -0.2) is 0 Å². The Balaban J connectivity index is 1.43. The van der Waals surface area contributed by atoms with Crippen molar-refractivity contribution in [3.63, 3.8) is 0 Å². The SMILES string of the molecule is CC1C(CN2CCCCCCC2)OC(c2cccc(-c3cccc(CN)c3)c2)OC1c1ccc(CO)cc1. The highest BCUT2D eigenvalue weighted by Gasteiger charge is 2.39. The first-order valence-corrected chi connectivity index (χ1v) is 14.3. The topological polar surface area (TPSA) is 68.0 Å². The van der Waals surface area contributed by atoms with Gasteiger partial charge >= 0.3 is 0 Å². The predicted octanol–water partition coefficient (Wildman–Crippen LogP) is 6.36. The van der Waals surface area contributed by atoms with E-state index in [1.165, 1.54) is 32.1 Å². The van der Waals surface area contributed by atoms with Crippen molar-refractivity contribution >= 4 is 0 Å². The van der Waals surface area contributed by atoms with Crippen LogP contribution in [0.1, 0.15) is 73.7 Å². The molecular weight excluding hydrogens is 472 g/mol. The van der Waals surface area contributed by atoms with Crippen LogP contribution in [-0.4, -0.2) is 35.7 Å². The van der Waals surface area contributed by atoms with Gasteiger partial charge in [-0.3, -0.25) is 0 Å². The van der Waals surface area contributed by atoms with Crippen LogP contribution < -0.4 is 5.73 Å². The maximum absolute atomic E-state index is 9.54. The number of rotatable bonds is 7. The zero-order chi connectivity index (χ0) is 26.3. The van der Waals surface area contributed by atoms with E-state index < -0.39 is 6.29 Å². The number of nitrogens with two attached hydrogens (primary N) is 1. The average molecular weight is 515 g/mol. The second kappa shape index (κ2) is 13.0. The number of aliphatic hydroxyl groups excluding tert-OH is 1. The van der Waals surface area contributed by atoms with Gasteiger partial charge in [0.25, 0.3) is 0 Å². The molecule has 2 aliphatic heterocycles. The quantitative estimate of drug-likeness (QED) is 0.384. The average Bonchev–Trinajstić information content (AvgIpc) is 2.95. The molecule has 4 atom stereocenters. The van der Waals surface area contributed by atoms with Crippen molar-refractivity contribution < 1.29 is 14.6 Å². The molecule has 5 rings (SSSR count). The minimum absolute atomic E-state index is 0.0445. The van der Waals surface area contributed by atoms with Gasteiger partial charge in [-0.15, -0.1) is 0 Å². The van der Waals surface area contributed by atoms with Gasteiger partial charge in [0.05, 0.1) is 18.8 Å². The first-order chi connectivity index (χ1) is 18.6. The molecule has 2 heterocycles. The summed E-state index contributed by atoms with van der Waals surface area (Å²) in [4.78, 5) is 2.60. The van der Waals surface area contributed by atoms with Gasteiger partial charge in [0.2, 0.25) is 0 Å². The Hall–Kier alpha value is -2.54. The smallest absolute Gasteiger partial charge is 0.184 e. The van der Waals surface area contributed by atoms with E-state index >= 15 is 0 Å². The molecule has 0 aromatic heterocycles. The van der Waals surface area contributed by atoms with Gasteiger partial charge < -0.3 is 25.2 Å². The molecule has 2 aliphatic rings. The molecule has 38 heavy (non-hydrogen) atoms. The van der Waals surface area contributed by atoms with Crippen molar-refractivity contribution in [2.24, 2.45) is 11.7 Å². The van der Waals surface area contributed by atoms with Crippen molar-refractivity contribution in [1.29, 1.82) is 0 Å². The summed E-state index contributed by atoms with van der Waals surface area (Å²) in [6, 6.07) is 25.1. The van der Waals surface area contributed by atoms with E-state index in [1.807, 2.05) is 12.1 Å². The molecule has 3 aromatic carbocycles. The van der Waals surface area contributed by atoms with Crippen LogP contribution in [0.2, 0.25) is 0 Å². The minimum Gasteiger partial charge on any atom is -0.392 e. The standard InChI is InChI=1S/C33H42N2O3/c1-24-31(22-35-17-5-3-2-4-6-18-35)37-33(38-32(24)27-15-13-25(23-36)14-16-27)30-12-8-11-29(20-30)28-10-7-9-26(19-28)21-34/h7-16,19-20,24,31-33,36H,2-6,17-18,21-23,34H2,1H3. The Labute approximate surface area is 227 Å². The number of likely N-dealkylation sites (tertiary alicyclic amines) is 1. The summed E-state index contributed by atoms with van der Waals surface area (Å²) in [5, 5.41) is 9.54. The van der Waals surface area contributed by atoms with E-state index in [0.29, 0.717) is 6.54 Å². The lowest BCUT2D eigenvalue weighted by molar-refractivity contribution is -0.276. The highest BCUT2D eigenvalue weighted by molar-refractivity contribution is 5.65. The van der Waals surface area contributed by atoms with E-state index in [4.69, 9.17) is 15.2 Å². The molecule has 0 amide bonds. The summed E-state index contributed by atoms with van der Waals surface area (Å²) in [7, 11) is 0. The van der Waals surface area contributed by atoms with Crippen molar-refractivity contribution in [2.75, 3.05) is 19.6 Å². The Morgan fingerprint density at radius 1 is 0.789 bits per heavy atom. The van der Waals surface area contributed by atoms with Crippen molar-refractivity contribution in [3.05, 3.63) is 95.1 Å². The second-order valence-electron chi connectivity index (χ2n) is 10.9. The largest absolute Gasteiger partial charge is 0.392 e. The zero-order valence-electron chi connectivity index (χ0n) is 22.6. The van der Waals surface area contributed by atoms with Gasteiger partial charge in [0, 0.05) is 24.6 Å². The third-order valence-corrected chi connectivity index (χ3v) is 8.17. The molecule has 0 spiro atoms. The van der Waals surface area contributed by atoms with Crippen LogP contribution in [0.5, 0.6) is 0 Å². The fourth-order valence-electron chi connectivity index (χ4n) is 5.82. The summed E-state index contributed by atoms with van der Waals surface area (Å²) < 4.78 is 13.5. The number of ether oxygens (including phenoxy) is 2. The number of nitrogens with zero attached hydrogens (tertiary/aromatic N) is 1. The molecule has 0 bridgehead atoms. The van der Waals surface area contributed by atoms with E-state index in [1.54, 1.807) is 0 Å². The summed E-state index contributed by atoms with van der Waals surface area (Å²) in [5.74, 6) is 0.195. The fraction of sp³-hybridized carbons (Fsp3) is 0.455. The molecule has 4 unspecified atom stereocenters. The van der Waals surface area contributed by atoms with Crippen LogP contribution in [0.25, 0.3) is 11.1 Å². The minimum atomic E-state index is -0.453. The lowest BCUT2D eigenvalue weighted by Crippen LogP contribution is -2.45. The summed E-state index contributed by atoms with van der Waals surface area (Å²) in [6.07, 6.45) is 6.03. The molecule has 0 aliphatic carbocycles. The van der Waals surface area contributed by atoms with Gasteiger partial charge in [-0.05, 0) is 65.9 Å². The van der Waals surface area contributed by atoms with E-state index in [0.717, 1.165) is 53.0 Å². The molecular formula is C33H42N2O3. The monoisotopic (exact) mass is 514 g/mol. The van der Waals surface area contributed by atoms with Crippen LogP contribution >= 0.6 is 0 Å². The van der Waals surface area contributed by atoms with Crippen LogP contribution in [0, 0.1) is 5.92 Å². The number of benzene rings is 3. The molecule has 5 heteroatoms. The van der Waals surface area contributed by atoms with Crippen molar-refractivity contribution in [1.82, 2.24) is 4.90 Å². The van der Waals surface area contributed by atoms with Crippen LogP contribution in [-0.2, 0) is 22.6 Å².